The maximum absolute atomic E-state index is 11.0. The predicted molar refractivity (Wildman–Crippen MR) is 77.3 cm³/mol. The summed E-state index contributed by atoms with van der Waals surface area (Å²) < 4.78 is 10.4. The van der Waals surface area contributed by atoms with Crippen LogP contribution in [0.2, 0.25) is 0 Å². The van der Waals surface area contributed by atoms with Crippen molar-refractivity contribution in [3.8, 4) is 5.75 Å². The van der Waals surface area contributed by atoms with Crippen LogP contribution in [-0.4, -0.2) is 68.2 Å². The molecule has 0 bridgehead atoms. The van der Waals surface area contributed by atoms with Crippen molar-refractivity contribution >= 4 is 11.9 Å². The third-order valence-electron chi connectivity index (χ3n) is 3.59. The summed E-state index contributed by atoms with van der Waals surface area (Å²) >= 11 is 0. The molecule has 2 rings (SSSR count). The molecule has 1 saturated heterocycles. The molecule has 0 aliphatic carbocycles. The Morgan fingerprint density at radius 1 is 1.08 bits per heavy atom. The number of hydrogen-bond donors (Lipinski definition) is 5. The van der Waals surface area contributed by atoms with Crippen LogP contribution in [0, 0.1) is 0 Å². The van der Waals surface area contributed by atoms with E-state index in [-0.39, 0.29) is 18.6 Å². The van der Waals surface area contributed by atoms with Crippen LogP contribution in [0.25, 0.3) is 0 Å². The van der Waals surface area contributed by atoms with Crippen LogP contribution >= 0.6 is 0 Å². The zero-order chi connectivity index (χ0) is 17.9. The number of hydrogen-bond acceptors (Lipinski definition) is 7. The van der Waals surface area contributed by atoms with E-state index in [1.54, 1.807) is 12.1 Å². The molecule has 1 aliphatic rings. The minimum Gasteiger partial charge on any atom is -0.481 e. The molecule has 5 N–H and O–H groups in total. The quantitative estimate of drug-likeness (QED) is 0.437. The Kier molecular flexibility index (Phi) is 5.73. The maximum atomic E-state index is 11.0. The standard InChI is InChI=1S/C15H18O9/c16-9(17)5-4-7-2-1-3-8(6-7)23-15-12(20)10(18)11(19)13(24-15)14(21)22/h1-3,6,10-13,15,18-20H,4-5H2,(H,16,17)(H,21,22). The van der Waals surface area contributed by atoms with Crippen molar-refractivity contribution in [3.05, 3.63) is 29.8 Å². The first kappa shape index (κ1) is 18.1. The molecule has 5 unspecified atom stereocenters. The minimum atomic E-state index is -1.79. The maximum Gasteiger partial charge on any atom is 0.335 e. The van der Waals surface area contributed by atoms with Gasteiger partial charge in [0.25, 0.3) is 0 Å². The number of aliphatic hydroxyl groups excluding tert-OH is 3. The van der Waals surface area contributed by atoms with Crippen molar-refractivity contribution in [1.82, 2.24) is 0 Å². The van der Waals surface area contributed by atoms with Gasteiger partial charge >= 0.3 is 11.9 Å². The van der Waals surface area contributed by atoms with E-state index in [4.69, 9.17) is 19.7 Å². The smallest absolute Gasteiger partial charge is 0.335 e. The van der Waals surface area contributed by atoms with Gasteiger partial charge in [0.15, 0.2) is 6.10 Å². The number of carboxylic acids is 2. The number of benzene rings is 1. The van der Waals surface area contributed by atoms with Crippen molar-refractivity contribution < 1.29 is 44.6 Å². The molecule has 9 heteroatoms. The number of aryl methyl sites for hydroxylation is 1. The van der Waals surface area contributed by atoms with Gasteiger partial charge in [0.2, 0.25) is 6.29 Å². The molecule has 0 amide bonds. The highest BCUT2D eigenvalue weighted by Crippen LogP contribution is 2.25. The van der Waals surface area contributed by atoms with Gasteiger partial charge in [0, 0.05) is 6.42 Å². The molecule has 0 aromatic heterocycles. The van der Waals surface area contributed by atoms with E-state index in [9.17, 15) is 24.9 Å². The van der Waals surface area contributed by atoms with E-state index in [0.717, 1.165) is 0 Å². The average Bonchev–Trinajstić information content (AvgIpc) is 2.53. The molecular formula is C15H18O9. The van der Waals surface area contributed by atoms with Gasteiger partial charge in [-0.25, -0.2) is 4.79 Å². The summed E-state index contributed by atoms with van der Waals surface area (Å²) in [5, 5.41) is 46.9. The number of carbonyl (C=O) groups is 2. The Hall–Kier alpha value is -2.20. The predicted octanol–water partition coefficient (Wildman–Crippen LogP) is -1.03. The highest BCUT2D eigenvalue weighted by molar-refractivity contribution is 5.73. The second kappa shape index (κ2) is 7.58. The summed E-state index contributed by atoms with van der Waals surface area (Å²) in [6, 6.07) is 6.31. The molecular weight excluding hydrogens is 324 g/mol. The average molecular weight is 342 g/mol. The second-order valence-corrected chi connectivity index (χ2v) is 5.39. The Morgan fingerprint density at radius 2 is 1.79 bits per heavy atom. The number of aliphatic hydroxyl groups is 3. The van der Waals surface area contributed by atoms with Gasteiger partial charge in [0.1, 0.15) is 24.1 Å². The minimum absolute atomic E-state index is 0.0714. The Bertz CT molecular complexity index is 602. The lowest BCUT2D eigenvalue weighted by Gasteiger charge is -2.38. The second-order valence-electron chi connectivity index (χ2n) is 5.39. The Labute approximate surface area is 136 Å². The molecule has 1 heterocycles. The molecule has 24 heavy (non-hydrogen) atoms. The molecule has 5 atom stereocenters. The van der Waals surface area contributed by atoms with E-state index in [0.29, 0.717) is 5.56 Å². The number of ether oxygens (including phenoxy) is 2. The fourth-order valence-corrected chi connectivity index (χ4v) is 2.31. The van der Waals surface area contributed by atoms with Crippen molar-refractivity contribution in [2.24, 2.45) is 0 Å². The highest BCUT2D eigenvalue weighted by Gasteiger charge is 2.48. The van der Waals surface area contributed by atoms with Gasteiger partial charge in [-0.2, -0.15) is 0 Å². The highest BCUT2D eigenvalue weighted by atomic mass is 16.7. The lowest BCUT2D eigenvalue weighted by molar-refractivity contribution is -0.271. The van der Waals surface area contributed by atoms with Crippen molar-refractivity contribution in [1.29, 1.82) is 0 Å². The van der Waals surface area contributed by atoms with Gasteiger partial charge in [-0.1, -0.05) is 12.1 Å². The number of rotatable bonds is 6. The molecule has 0 spiro atoms. The monoisotopic (exact) mass is 342 g/mol. The number of carboxylic acid groups (broad SMARTS) is 2. The van der Waals surface area contributed by atoms with Crippen LogP contribution in [0.5, 0.6) is 5.75 Å². The van der Waals surface area contributed by atoms with Crippen LogP contribution in [-0.2, 0) is 20.7 Å². The fourth-order valence-electron chi connectivity index (χ4n) is 2.31. The summed E-state index contributed by atoms with van der Waals surface area (Å²) in [6.07, 6.45) is -8.25. The summed E-state index contributed by atoms with van der Waals surface area (Å²) in [6.45, 7) is 0. The normalized spacial score (nSPS) is 29.9. The largest absolute Gasteiger partial charge is 0.481 e. The van der Waals surface area contributed by atoms with Crippen molar-refractivity contribution in [3.63, 3.8) is 0 Å². The summed E-state index contributed by atoms with van der Waals surface area (Å²) in [5.41, 5.74) is 0.663. The first-order valence-electron chi connectivity index (χ1n) is 7.19. The molecule has 1 aromatic carbocycles. The zero-order valence-electron chi connectivity index (χ0n) is 12.5. The first-order chi connectivity index (χ1) is 11.3. The van der Waals surface area contributed by atoms with Gasteiger partial charge in [-0.15, -0.1) is 0 Å². The van der Waals surface area contributed by atoms with E-state index in [1.807, 2.05) is 0 Å². The van der Waals surface area contributed by atoms with Gasteiger partial charge < -0.3 is 35.0 Å². The van der Waals surface area contributed by atoms with Gasteiger partial charge in [0.05, 0.1) is 0 Å². The zero-order valence-corrected chi connectivity index (χ0v) is 12.5. The third-order valence-corrected chi connectivity index (χ3v) is 3.59. The van der Waals surface area contributed by atoms with Gasteiger partial charge in [-0.05, 0) is 24.1 Å². The lowest BCUT2D eigenvalue weighted by atomic mass is 9.99. The topological polar surface area (TPSA) is 154 Å². The van der Waals surface area contributed by atoms with Crippen LogP contribution in [0.1, 0.15) is 12.0 Å². The summed E-state index contributed by atoms with van der Waals surface area (Å²) in [5.74, 6) is -2.25. The summed E-state index contributed by atoms with van der Waals surface area (Å²) in [7, 11) is 0. The molecule has 1 fully saturated rings. The third kappa shape index (κ3) is 4.20. The van der Waals surface area contributed by atoms with Crippen LogP contribution in [0.4, 0.5) is 0 Å². The molecule has 0 saturated carbocycles. The molecule has 1 aromatic rings. The van der Waals surface area contributed by atoms with E-state index >= 15 is 0 Å². The summed E-state index contributed by atoms with van der Waals surface area (Å²) in [4.78, 5) is 21.6. The van der Waals surface area contributed by atoms with E-state index < -0.39 is 42.6 Å². The Balaban J connectivity index is 2.10. The fraction of sp³-hybridized carbons (Fsp3) is 0.467. The molecule has 9 nitrogen and oxygen atoms in total. The van der Waals surface area contributed by atoms with Crippen molar-refractivity contribution in [2.75, 3.05) is 0 Å². The van der Waals surface area contributed by atoms with Gasteiger partial charge in [-0.3, -0.25) is 4.79 Å². The van der Waals surface area contributed by atoms with Crippen LogP contribution in [0.3, 0.4) is 0 Å². The van der Waals surface area contributed by atoms with E-state index in [2.05, 4.69) is 0 Å². The van der Waals surface area contributed by atoms with E-state index in [1.165, 1.54) is 12.1 Å². The van der Waals surface area contributed by atoms with Crippen LogP contribution in [0.15, 0.2) is 24.3 Å². The SMILES string of the molecule is O=C(O)CCc1cccc(OC2OC(C(=O)O)C(O)C(O)C2O)c1. The lowest BCUT2D eigenvalue weighted by Crippen LogP contribution is -2.61. The molecule has 0 radical (unpaired) electrons. The first-order valence-corrected chi connectivity index (χ1v) is 7.19. The molecule has 1 aliphatic heterocycles. The molecule has 132 valence electrons. The number of aliphatic carboxylic acids is 2. The Morgan fingerprint density at radius 3 is 2.42 bits per heavy atom. The van der Waals surface area contributed by atoms with Crippen molar-refractivity contribution in [2.45, 2.75) is 43.5 Å². The van der Waals surface area contributed by atoms with Crippen LogP contribution < -0.4 is 4.74 Å².